The van der Waals surface area contributed by atoms with Gasteiger partial charge in [-0.1, -0.05) is 101 Å². The lowest BCUT2D eigenvalue weighted by Crippen LogP contribution is -2.20. The third-order valence-electron chi connectivity index (χ3n) is 12.2. The number of rotatable bonds is 14. The van der Waals surface area contributed by atoms with Crippen molar-refractivity contribution in [1.82, 2.24) is 14.1 Å². The Labute approximate surface area is 452 Å². The molecule has 0 aliphatic heterocycles. The zero-order valence-corrected chi connectivity index (χ0v) is 44.9. The molecule has 10 aromatic rings. The minimum Gasteiger partial charge on any atom is -0.298 e. The molecule has 0 saturated heterocycles. The maximum Gasteiger partial charge on any atom is 0.263 e. The van der Waals surface area contributed by atoms with Crippen molar-refractivity contribution in [3.05, 3.63) is 228 Å². The Hall–Kier alpha value is -7.25. The number of Topliss-reactive ketones (excluding diaryl/α,β-unsaturated/α-hetero) is 2. The highest BCUT2D eigenvalue weighted by Crippen LogP contribution is 2.32. The number of carbonyl (C=O) groups is 2. The van der Waals surface area contributed by atoms with Gasteiger partial charge in [-0.05, 0) is 120 Å². The zero-order chi connectivity index (χ0) is 54.1. The number of ketones is 2. The van der Waals surface area contributed by atoms with E-state index in [2.05, 4.69) is 4.98 Å². The molecule has 19 heteroatoms. The van der Waals surface area contributed by atoms with Crippen LogP contribution in [0.15, 0.2) is 182 Å². The second-order valence-corrected chi connectivity index (χ2v) is 25.6. The number of halogens is 4. The summed E-state index contributed by atoms with van der Waals surface area (Å²) in [6, 6.07) is 38.0. The lowest BCUT2D eigenvalue weighted by molar-refractivity contribution is -0.116. The zero-order valence-electron chi connectivity index (χ0n) is 40.2. The van der Waals surface area contributed by atoms with E-state index in [0.29, 0.717) is 30.6 Å². The summed E-state index contributed by atoms with van der Waals surface area (Å²) in [6.07, 6.45) is 5.97. The van der Waals surface area contributed by atoms with E-state index in [1.54, 1.807) is 36.9 Å². The van der Waals surface area contributed by atoms with Gasteiger partial charge in [-0.2, -0.15) is 0 Å². The quantitative estimate of drug-likeness (QED) is 0.103. The maximum atomic E-state index is 15.4. The number of fused-ring (bicyclic) bond motifs is 2. The van der Waals surface area contributed by atoms with E-state index in [4.69, 9.17) is 23.2 Å². The molecule has 11 nitrogen and oxygen atoms in total. The van der Waals surface area contributed by atoms with Crippen LogP contribution in [-0.2, 0) is 42.1 Å². The molecule has 0 unspecified atom stereocenters. The Morgan fingerprint density at radius 2 is 0.947 bits per heavy atom. The van der Waals surface area contributed by atoms with Gasteiger partial charge in [-0.15, -0.1) is 22.7 Å². The van der Waals surface area contributed by atoms with Gasteiger partial charge in [0, 0.05) is 59.5 Å². The number of hydrogen-bond donors (Lipinski definition) is 0. The molecule has 0 aliphatic carbocycles. The monoisotopic (exact) mass is 1130 g/mol. The Balaban J connectivity index is 0.000000186. The van der Waals surface area contributed by atoms with Gasteiger partial charge in [-0.3, -0.25) is 33.3 Å². The van der Waals surface area contributed by atoms with Gasteiger partial charge in [0.15, 0.2) is 31.2 Å². The molecule has 5 aromatic carbocycles. The molecule has 5 heterocycles. The third kappa shape index (κ3) is 11.7. The number of aryl methyl sites for hydroxylation is 2. The predicted octanol–water partition coefficient (Wildman–Crippen LogP) is 12.2. The van der Waals surface area contributed by atoms with E-state index in [1.165, 1.54) is 57.7 Å². The van der Waals surface area contributed by atoms with E-state index in [9.17, 15) is 36.0 Å². The van der Waals surface area contributed by atoms with Crippen molar-refractivity contribution in [1.29, 1.82) is 0 Å². The van der Waals surface area contributed by atoms with Crippen molar-refractivity contribution in [2.75, 3.05) is 11.5 Å². The summed E-state index contributed by atoms with van der Waals surface area (Å²) in [5, 5.41) is 2.40. The fourth-order valence-electron chi connectivity index (χ4n) is 8.64. The molecule has 0 fully saturated rings. The minimum absolute atomic E-state index is 0.00764. The van der Waals surface area contributed by atoms with Crippen LogP contribution in [0.3, 0.4) is 0 Å². The van der Waals surface area contributed by atoms with Crippen LogP contribution in [-0.4, -0.2) is 54.0 Å². The SMILES string of the molecule is Cc1ccc2c(=O)n(-c3ccc(CC(=O)CS(=O)(=O)c4ccc(Cl)s4)cc3F)cc(-c3ccccc3)c2c1.Cc1ccc2c(=O)n(-c3ccc(CC(=O)CS(=O)(=O)c4ccc(Cl)s4)cc3F)cc(-c3ccncc3)c2c1. The number of hydrogen-bond acceptors (Lipinski definition) is 11. The molecule has 76 heavy (non-hydrogen) atoms. The highest BCUT2D eigenvalue weighted by atomic mass is 35.5. The van der Waals surface area contributed by atoms with Gasteiger partial charge < -0.3 is 0 Å². The van der Waals surface area contributed by atoms with E-state index in [1.807, 2.05) is 80.6 Å². The Bertz CT molecular complexity index is 4000. The van der Waals surface area contributed by atoms with Gasteiger partial charge in [0.2, 0.25) is 0 Å². The van der Waals surface area contributed by atoms with Crippen LogP contribution in [0.5, 0.6) is 0 Å². The molecule has 384 valence electrons. The first kappa shape index (κ1) is 53.6. The summed E-state index contributed by atoms with van der Waals surface area (Å²) in [5.41, 5.74) is 5.10. The van der Waals surface area contributed by atoms with Gasteiger partial charge in [0.05, 0.1) is 20.0 Å². The van der Waals surface area contributed by atoms with E-state index in [0.717, 1.165) is 79.0 Å². The Kier molecular flexibility index (Phi) is 15.6. The van der Waals surface area contributed by atoms with E-state index in [-0.39, 0.29) is 43.8 Å². The van der Waals surface area contributed by atoms with Crippen LogP contribution in [0.1, 0.15) is 22.3 Å². The van der Waals surface area contributed by atoms with Gasteiger partial charge in [0.1, 0.15) is 31.6 Å². The fraction of sp³-hybridized carbons (Fsp3) is 0.105. The average Bonchev–Trinajstić information content (AvgIpc) is 4.05. The molecule has 0 amide bonds. The van der Waals surface area contributed by atoms with Gasteiger partial charge in [0.25, 0.3) is 11.1 Å². The summed E-state index contributed by atoms with van der Waals surface area (Å²) >= 11 is 13.4. The molecule has 0 bridgehead atoms. The summed E-state index contributed by atoms with van der Waals surface area (Å²) in [7, 11) is -7.68. The number of sulfone groups is 2. The van der Waals surface area contributed by atoms with Crippen LogP contribution >= 0.6 is 45.9 Å². The van der Waals surface area contributed by atoms with E-state index >= 15 is 8.78 Å². The van der Waals surface area contributed by atoms with Crippen LogP contribution in [0.4, 0.5) is 8.78 Å². The van der Waals surface area contributed by atoms with Crippen LogP contribution in [0, 0.1) is 25.5 Å². The van der Waals surface area contributed by atoms with Crippen LogP contribution in [0.25, 0.3) is 55.2 Å². The van der Waals surface area contributed by atoms with Gasteiger partial charge >= 0.3 is 0 Å². The van der Waals surface area contributed by atoms with Crippen molar-refractivity contribution in [3.8, 4) is 33.6 Å². The van der Waals surface area contributed by atoms with Crippen molar-refractivity contribution < 1.29 is 35.2 Å². The standard InChI is InChI=1S/C29H21ClFNO4S2.C28H20ClFN2O4S2/c1-18-7-9-22-23(13-18)24(20-5-3-2-4-6-20)16-32(29(22)34)26-10-8-19(15-25(26)31)14-21(33)17-38(35,36)28-12-11-27(30)37-28;1-17-2-4-21-22(12-17)23(19-8-10-31-11-9-19)15-32(28(21)34)25-5-3-18(14-24(25)30)13-20(33)16-38(35,36)27-7-6-26(29)37-27/h2-13,15-16H,14,17H2,1H3;2-12,14-15H,13,16H2,1H3. The van der Waals surface area contributed by atoms with Crippen molar-refractivity contribution >= 4 is 98.7 Å². The summed E-state index contributed by atoms with van der Waals surface area (Å²) in [4.78, 5) is 55.9. The number of thiophene rings is 2. The second kappa shape index (κ2) is 22.1. The first-order valence-corrected chi connectivity index (χ1v) is 28.8. The third-order valence-corrected chi connectivity index (χ3v) is 19.2. The van der Waals surface area contributed by atoms with Crippen molar-refractivity contribution in [3.63, 3.8) is 0 Å². The Morgan fingerprint density at radius 1 is 0.526 bits per heavy atom. The highest BCUT2D eigenvalue weighted by Gasteiger charge is 2.24. The molecule has 0 spiro atoms. The molecular formula is C57H41Cl2F2N3O8S4. The van der Waals surface area contributed by atoms with Gasteiger partial charge in [-0.25, -0.2) is 25.6 Å². The molecule has 0 atom stereocenters. The van der Waals surface area contributed by atoms with E-state index < -0.39 is 54.4 Å². The second-order valence-electron chi connectivity index (χ2n) is 17.8. The largest absolute Gasteiger partial charge is 0.298 e. The summed E-state index contributed by atoms with van der Waals surface area (Å²) < 4.78 is 83.8. The number of benzene rings is 5. The predicted molar refractivity (Wildman–Crippen MR) is 297 cm³/mol. The number of carbonyl (C=O) groups excluding carboxylic acids is 2. The smallest absolute Gasteiger partial charge is 0.263 e. The topological polar surface area (TPSA) is 159 Å². The molecule has 0 N–H and O–H groups in total. The lowest BCUT2D eigenvalue weighted by atomic mass is 9.99. The fourth-order valence-corrected chi connectivity index (χ4v) is 14.3. The molecule has 5 aromatic heterocycles. The van der Waals surface area contributed by atoms with Crippen LogP contribution < -0.4 is 11.1 Å². The number of aromatic nitrogens is 3. The Morgan fingerprint density at radius 3 is 1.34 bits per heavy atom. The average molecular weight is 1130 g/mol. The highest BCUT2D eigenvalue weighted by molar-refractivity contribution is 7.94. The van der Waals surface area contributed by atoms with Crippen molar-refractivity contribution in [2.24, 2.45) is 0 Å². The molecular weight excluding hydrogens is 1090 g/mol. The summed E-state index contributed by atoms with van der Waals surface area (Å²) in [6.45, 7) is 3.88. The maximum absolute atomic E-state index is 15.4. The van der Waals surface area contributed by atoms with Crippen LogP contribution in [0.2, 0.25) is 8.67 Å². The normalized spacial score (nSPS) is 11.7. The molecule has 0 saturated carbocycles. The number of pyridine rings is 3. The first-order valence-electron chi connectivity index (χ1n) is 23.1. The first-order chi connectivity index (χ1) is 36.2. The molecule has 0 aliphatic rings. The van der Waals surface area contributed by atoms with Crippen molar-refractivity contribution in [2.45, 2.75) is 35.1 Å². The minimum atomic E-state index is -3.84. The lowest BCUT2D eigenvalue weighted by Gasteiger charge is -2.14. The molecule has 0 radical (unpaired) electrons. The molecule has 10 rings (SSSR count). The summed E-state index contributed by atoms with van der Waals surface area (Å²) in [5.74, 6) is -4.00. The number of nitrogens with zero attached hydrogens (tertiary/aromatic N) is 3.